The Kier molecular flexibility index (Phi) is 3.93. The lowest BCUT2D eigenvalue weighted by Crippen LogP contribution is -2.56. The van der Waals surface area contributed by atoms with Gasteiger partial charge in [0.15, 0.2) is 0 Å². The van der Waals surface area contributed by atoms with Gasteiger partial charge in [0.25, 0.3) is 0 Å². The maximum absolute atomic E-state index is 12.2. The van der Waals surface area contributed by atoms with Crippen molar-refractivity contribution in [2.75, 3.05) is 19.6 Å². The van der Waals surface area contributed by atoms with Crippen LogP contribution in [0.1, 0.15) is 31.1 Å². The van der Waals surface area contributed by atoms with Crippen LogP contribution in [0.2, 0.25) is 0 Å². The van der Waals surface area contributed by atoms with E-state index in [0.29, 0.717) is 0 Å². The van der Waals surface area contributed by atoms with E-state index in [1.54, 1.807) is 13.2 Å². The monoisotopic (exact) mass is 324 g/mol. The fourth-order valence-corrected chi connectivity index (χ4v) is 4.59. The summed E-state index contributed by atoms with van der Waals surface area (Å²) in [6.45, 7) is 5.34. The molecule has 4 heteroatoms. The van der Waals surface area contributed by atoms with Gasteiger partial charge in [-0.2, -0.15) is 0 Å². The van der Waals surface area contributed by atoms with Crippen molar-refractivity contribution in [2.45, 2.75) is 37.8 Å². The van der Waals surface area contributed by atoms with Crippen LogP contribution in [0.4, 0.5) is 0 Å². The van der Waals surface area contributed by atoms with E-state index in [1.807, 2.05) is 12.1 Å². The first-order valence-electron chi connectivity index (χ1n) is 8.76. The molecule has 0 bridgehead atoms. The van der Waals surface area contributed by atoms with E-state index in [1.165, 1.54) is 5.56 Å². The Hall–Kier alpha value is -2.07. The number of nitrogens with zero attached hydrogens (tertiary/aromatic N) is 2. The molecule has 0 unspecified atom stereocenters. The number of carbonyl (C=O) groups excluding carboxylic acids is 1. The molecule has 4 rings (SSSR count). The Morgan fingerprint density at radius 3 is 2.67 bits per heavy atom. The first-order valence-corrected chi connectivity index (χ1v) is 8.76. The van der Waals surface area contributed by atoms with Crippen molar-refractivity contribution in [3.63, 3.8) is 0 Å². The van der Waals surface area contributed by atoms with Crippen molar-refractivity contribution in [1.29, 1.82) is 0 Å². The van der Waals surface area contributed by atoms with Gasteiger partial charge in [-0.25, -0.2) is 0 Å². The molecule has 0 spiro atoms. The standard InChI is InChI=1S/C20H24N2O2/c1-16(23)22-12-10-20(17-6-3-2-4-7-17)9-11-21(15-19(20)22)14-18-8-5-13-24-18/h2-8,13,19H,9-12,14-15H2,1H3/t19-,20+/m1/s1. The fraction of sp³-hybridized carbons (Fsp3) is 0.450. The van der Waals surface area contributed by atoms with Crippen molar-refractivity contribution in [3.8, 4) is 0 Å². The first-order chi connectivity index (χ1) is 11.7. The molecule has 0 N–H and O–H groups in total. The van der Waals surface area contributed by atoms with Crippen LogP contribution < -0.4 is 0 Å². The SMILES string of the molecule is CC(=O)N1CC[C@]2(c3ccccc3)CCN(Cc3ccco3)C[C@@H]12. The summed E-state index contributed by atoms with van der Waals surface area (Å²) in [6.07, 6.45) is 3.88. The summed E-state index contributed by atoms with van der Waals surface area (Å²) in [5.41, 5.74) is 1.49. The number of hydrogen-bond donors (Lipinski definition) is 0. The second-order valence-corrected chi connectivity index (χ2v) is 7.06. The van der Waals surface area contributed by atoms with Gasteiger partial charge >= 0.3 is 0 Å². The molecule has 1 aromatic carbocycles. The minimum atomic E-state index is 0.104. The van der Waals surface area contributed by atoms with E-state index in [0.717, 1.165) is 44.8 Å². The Balaban J connectivity index is 1.62. The van der Waals surface area contributed by atoms with Gasteiger partial charge in [0, 0.05) is 25.4 Å². The zero-order valence-corrected chi connectivity index (χ0v) is 14.1. The van der Waals surface area contributed by atoms with E-state index in [-0.39, 0.29) is 17.4 Å². The highest BCUT2D eigenvalue weighted by atomic mass is 16.3. The minimum Gasteiger partial charge on any atom is -0.468 e. The largest absolute Gasteiger partial charge is 0.468 e. The van der Waals surface area contributed by atoms with E-state index in [2.05, 4.69) is 40.1 Å². The quantitative estimate of drug-likeness (QED) is 0.871. The summed E-state index contributed by atoms with van der Waals surface area (Å²) in [5.74, 6) is 1.19. The Labute approximate surface area is 143 Å². The molecule has 1 aromatic heterocycles. The van der Waals surface area contributed by atoms with Crippen LogP contribution in [0.5, 0.6) is 0 Å². The molecule has 0 radical (unpaired) electrons. The van der Waals surface area contributed by atoms with Crippen LogP contribution in [0, 0.1) is 0 Å². The second-order valence-electron chi connectivity index (χ2n) is 7.06. The van der Waals surface area contributed by atoms with Gasteiger partial charge in [-0.3, -0.25) is 9.69 Å². The number of likely N-dealkylation sites (tertiary alicyclic amines) is 2. The molecule has 126 valence electrons. The molecule has 2 aliphatic heterocycles. The summed E-state index contributed by atoms with van der Waals surface area (Å²) >= 11 is 0. The first kappa shape index (κ1) is 15.5. The average Bonchev–Trinajstić information content (AvgIpc) is 3.23. The van der Waals surface area contributed by atoms with Crippen molar-refractivity contribution < 1.29 is 9.21 Å². The number of amides is 1. The number of hydrogen-bond acceptors (Lipinski definition) is 3. The van der Waals surface area contributed by atoms with Crippen LogP contribution in [0.25, 0.3) is 0 Å². The summed E-state index contributed by atoms with van der Waals surface area (Å²) in [5, 5.41) is 0. The normalized spacial score (nSPS) is 27.2. The second kappa shape index (κ2) is 6.10. The fourth-order valence-electron chi connectivity index (χ4n) is 4.59. The van der Waals surface area contributed by atoms with Gasteiger partial charge in [-0.1, -0.05) is 30.3 Å². The van der Waals surface area contributed by atoms with Crippen LogP contribution in [-0.2, 0) is 16.8 Å². The minimum absolute atomic E-state index is 0.104. The van der Waals surface area contributed by atoms with E-state index in [9.17, 15) is 4.79 Å². The molecule has 2 aromatic rings. The molecular weight excluding hydrogens is 300 g/mol. The van der Waals surface area contributed by atoms with Crippen LogP contribution in [0.15, 0.2) is 53.1 Å². The van der Waals surface area contributed by atoms with Gasteiger partial charge in [0.1, 0.15) is 5.76 Å². The zero-order chi connectivity index (χ0) is 16.6. The highest BCUT2D eigenvalue weighted by Gasteiger charge is 2.51. The number of rotatable bonds is 3. The molecule has 2 aliphatic rings. The highest BCUT2D eigenvalue weighted by molar-refractivity contribution is 5.74. The van der Waals surface area contributed by atoms with Crippen molar-refractivity contribution in [1.82, 2.24) is 9.80 Å². The van der Waals surface area contributed by atoms with Gasteiger partial charge in [0.2, 0.25) is 5.91 Å². The molecule has 1 amide bonds. The summed E-state index contributed by atoms with van der Waals surface area (Å²) in [4.78, 5) is 16.7. The van der Waals surface area contributed by atoms with Crippen molar-refractivity contribution >= 4 is 5.91 Å². The number of furan rings is 1. The summed E-state index contributed by atoms with van der Waals surface area (Å²) < 4.78 is 5.51. The predicted octanol–water partition coefficient (Wildman–Crippen LogP) is 3.04. The molecule has 4 nitrogen and oxygen atoms in total. The summed E-state index contributed by atoms with van der Waals surface area (Å²) in [6, 6.07) is 15.0. The van der Waals surface area contributed by atoms with Gasteiger partial charge < -0.3 is 9.32 Å². The van der Waals surface area contributed by atoms with E-state index in [4.69, 9.17) is 4.42 Å². The van der Waals surface area contributed by atoms with E-state index >= 15 is 0 Å². The third-order valence-corrected chi connectivity index (χ3v) is 5.83. The van der Waals surface area contributed by atoms with Crippen LogP contribution >= 0.6 is 0 Å². The Bertz CT molecular complexity index is 698. The van der Waals surface area contributed by atoms with Crippen molar-refractivity contribution in [2.24, 2.45) is 0 Å². The molecule has 24 heavy (non-hydrogen) atoms. The maximum Gasteiger partial charge on any atom is 0.219 e. The van der Waals surface area contributed by atoms with E-state index < -0.39 is 0 Å². The smallest absolute Gasteiger partial charge is 0.219 e. The van der Waals surface area contributed by atoms with Crippen LogP contribution in [0.3, 0.4) is 0 Å². The number of carbonyl (C=O) groups is 1. The Morgan fingerprint density at radius 2 is 1.96 bits per heavy atom. The Morgan fingerprint density at radius 1 is 1.17 bits per heavy atom. The number of piperidine rings is 1. The van der Waals surface area contributed by atoms with Gasteiger partial charge in [0.05, 0.1) is 18.8 Å². The molecule has 0 aliphatic carbocycles. The lowest BCUT2D eigenvalue weighted by molar-refractivity contribution is -0.131. The van der Waals surface area contributed by atoms with Gasteiger partial charge in [-0.15, -0.1) is 0 Å². The van der Waals surface area contributed by atoms with Crippen LogP contribution in [-0.4, -0.2) is 41.4 Å². The van der Waals surface area contributed by atoms with Gasteiger partial charge in [-0.05, 0) is 37.1 Å². The average molecular weight is 324 g/mol. The lowest BCUT2D eigenvalue weighted by atomic mass is 9.69. The topological polar surface area (TPSA) is 36.7 Å². The lowest BCUT2D eigenvalue weighted by Gasteiger charge is -2.46. The highest BCUT2D eigenvalue weighted by Crippen LogP contribution is 2.46. The predicted molar refractivity (Wildman–Crippen MR) is 92.5 cm³/mol. The maximum atomic E-state index is 12.2. The zero-order valence-electron chi connectivity index (χ0n) is 14.1. The molecular formula is C20H24N2O2. The van der Waals surface area contributed by atoms with Crippen molar-refractivity contribution in [3.05, 3.63) is 60.1 Å². The third-order valence-electron chi connectivity index (χ3n) is 5.83. The number of fused-ring (bicyclic) bond motifs is 1. The molecule has 2 atom stereocenters. The summed E-state index contributed by atoms with van der Waals surface area (Å²) in [7, 11) is 0. The molecule has 2 saturated heterocycles. The molecule has 2 fully saturated rings. The third kappa shape index (κ3) is 2.55. The number of benzene rings is 1. The molecule has 3 heterocycles. The molecule has 0 saturated carbocycles.